The van der Waals surface area contributed by atoms with Crippen molar-refractivity contribution in [2.75, 3.05) is 23.8 Å². The Balaban J connectivity index is 1.52. The van der Waals surface area contributed by atoms with E-state index < -0.39 is 5.97 Å². The largest absolute Gasteiger partial charge is 0.481 e. The molecule has 1 aliphatic carbocycles. The van der Waals surface area contributed by atoms with Crippen molar-refractivity contribution in [1.29, 1.82) is 0 Å². The Labute approximate surface area is 135 Å². The highest BCUT2D eigenvalue weighted by Gasteiger charge is 2.26. The fraction of sp³-hybridized carbons (Fsp3) is 0.688. The van der Waals surface area contributed by atoms with Crippen molar-refractivity contribution in [2.45, 2.75) is 50.6 Å². The Hall–Kier alpha value is -1.89. The standard InChI is InChI=1S/C16H24N4O3/c21-15(22)11-3-5-12(6-4-11)19-16-17-8-7-14(20-16)18-13-2-1-9-23-10-13/h7-8,11-13H,1-6,9-10H2,(H,21,22)(H2,17,18,19,20). The molecule has 0 amide bonds. The second-order valence-electron chi connectivity index (χ2n) is 6.36. The van der Waals surface area contributed by atoms with E-state index in [1.807, 2.05) is 6.07 Å². The van der Waals surface area contributed by atoms with Gasteiger partial charge in [0, 0.05) is 18.8 Å². The van der Waals surface area contributed by atoms with Crippen molar-refractivity contribution in [1.82, 2.24) is 9.97 Å². The molecular formula is C16H24N4O3. The first-order valence-electron chi connectivity index (χ1n) is 8.37. The van der Waals surface area contributed by atoms with Crippen LogP contribution in [-0.2, 0) is 9.53 Å². The summed E-state index contributed by atoms with van der Waals surface area (Å²) in [5.41, 5.74) is 0. The van der Waals surface area contributed by atoms with Crippen LogP contribution >= 0.6 is 0 Å². The van der Waals surface area contributed by atoms with Crippen LogP contribution in [0.5, 0.6) is 0 Å². The summed E-state index contributed by atoms with van der Waals surface area (Å²) in [5.74, 6) is 0.525. The van der Waals surface area contributed by atoms with E-state index in [1.54, 1.807) is 6.20 Å². The first kappa shape index (κ1) is 16.0. The maximum Gasteiger partial charge on any atom is 0.306 e. The van der Waals surface area contributed by atoms with Crippen molar-refractivity contribution in [2.24, 2.45) is 5.92 Å². The highest BCUT2D eigenvalue weighted by molar-refractivity contribution is 5.70. The Bertz CT molecular complexity index is 526. The number of carboxylic acid groups (broad SMARTS) is 1. The van der Waals surface area contributed by atoms with Crippen LogP contribution in [0.2, 0.25) is 0 Å². The van der Waals surface area contributed by atoms with E-state index in [2.05, 4.69) is 20.6 Å². The Morgan fingerprint density at radius 2 is 2.00 bits per heavy atom. The molecule has 1 atom stereocenters. The van der Waals surface area contributed by atoms with Gasteiger partial charge in [0.2, 0.25) is 5.95 Å². The summed E-state index contributed by atoms with van der Waals surface area (Å²) >= 11 is 0. The van der Waals surface area contributed by atoms with Crippen LogP contribution in [0.4, 0.5) is 11.8 Å². The molecule has 1 aromatic heterocycles. The number of carbonyl (C=O) groups is 1. The SMILES string of the molecule is O=C(O)C1CCC(Nc2nccc(NC3CCCOC3)n2)CC1. The molecule has 2 heterocycles. The number of nitrogens with zero attached hydrogens (tertiary/aromatic N) is 2. The number of nitrogens with one attached hydrogen (secondary N) is 2. The number of hydrogen-bond acceptors (Lipinski definition) is 6. The van der Waals surface area contributed by atoms with Crippen molar-refractivity contribution < 1.29 is 14.6 Å². The summed E-state index contributed by atoms with van der Waals surface area (Å²) in [6.45, 7) is 1.56. The zero-order chi connectivity index (χ0) is 16.1. The van der Waals surface area contributed by atoms with Crippen LogP contribution < -0.4 is 10.6 Å². The molecule has 1 saturated carbocycles. The summed E-state index contributed by atoms with van der Waals surface area (Å²) in [6.07, 6.45) is 7.01. The van der Waals surface area contributed by atoms with Gasteiger partial charge in [-0.05, 0) is 44.6 Å². The molecule has 0 aromatic carbocycles. The molecule has 0 radical (unpaired) electrons. The summed E-state index contributed by atoms with van der Waals surface area (Å²) in [6, 6.07) is 2.41. The van der Waals surface area contributed by atoms with Gasteiger partial charge in [-0.2, -0.15) is 4.98 Å². The molecule has 2 fully saturated rings. The molecule has 7 nitrogen and oxygen atoms in total. The van der Waals surface area contributed by atoms with Gasteiger partial charge in [-0.25, -0.2) is 4.98 Å². The first-order valence-corrected chi connectivity index (χ1v) is 8.37. The Morgan fingerprint density at radius 3 is 2.70 bits per heavy atom. The molecule has 0 bridgehead atoms. The molecule has 2 aliphatic rings. The molecule has 1 unspecified atom stereocenters. The lowest BCUT2D eigenvalue weighted by molar-refractivity contribution is -0.142. The number of hydrogen-bond donors (Lipinski definition) is 3. The molecule has 7 heteroatoms. The average molecular weight is 320 g/mol. The summed E-state index contributed by atoms with van der Waals surface area (Å²) in [4.78, 5) is 19.8. The van der Waals surface area contributed by atoms with Crippen LogP contribution in [0.15, 0.2) is 12.3 Å². The molecule has 23 heavy (non-hydrogen) atoms. The van der Waals surface area contributed by atoms with E-state index in [-0.39, 0.29) is 12.0 Å². The van der Waals surface area contributed by atoms with Gasteiger partial charge in [0.1, 0.15) is 5.82 Å². The quantitative estimate of drug-likeness (QED) is 0.764. The van der Waals surface area contributed by atoms with E-state index in [1.165, 1.54) is 0 Å². The zero-order valence-corrected chi connectivity index (χ0v) is 13.2. The van der Waals surface area contributed by atoms with Crippen LogP contribution in [0.1, 0.15) is 38.5 Å². The molecule has 126 valence electrons. The zero-order valence-electron chi connectivity index (χ0n) is 13.2. The monoisotopic (exact) mass is 320 g/mol. The number of rotatable bonds is 5. The van der Waals surface area contributed by atoms with Gasteiger partial charge in [-0.1, -0.05) is 0 Å². The van der Waals surface area contributed by atoms with Crippen LogP contribution in [0, 0.1) is 5.92 Å². The van der Waals surface area contributed by atoms with Crippen LogP contribution in [-0.4, -0.2) is 46.3 Å². The van der Waals surface area contributed by atoms with E-state index in [4.69, 9.17) is 9.84 Å². The van der Waals surface area contributed by atoms with Gasteiger partial charge < -0.3 is 20.5 Å². The van der Waals surface area contributed by atoms with E-state index >= 15 is 0 Å². The minimum atomic E-state index is -0.680. The fourth-order valence-corrected chi connectivity index (χ4v) is 3.24. The fourth-order valence-electron chi connectivity index (χ4n) is 3.24. The van der Waals surface area contributed by atoms with Crippen molar-refractivity contribution in [3.8, 4) is 0 Å². The second-order valence-corrected chi connectivity index (χ2v) is 6.36. The lowest BCUT2D eigenvalue weighted by Gasteiger charge is -2.27. The predicted octanol–water partition coefficient (Wildman–Crippen LogP) is 2.12. The average Bonchev–Trinajstić information content (AvgIpc) is 2.57. The van der Waals surface area contributed by atoms with Crippen molar-refractivity contribution in [3.63, 3.8) is 0 Å². The van der Waals surface area contributed by atoms with Gasteiger partial charge in [0.15, 0.2) is 0 Å². The first-order chi connectivity index (χ1) is 11.2. The molecule has 1 aliphatic heterocycles. The number of aromatic nitrogens is 2. The number of carboxylic acids is 1. The minimum Gasteiger partial charge on any atom is -0.481 e. The third-order valence-corrected chi connectivity index (χ3v) is 4.58. The third kappa shape index (κ3) is 4.54. The van der Waals surface area contributed by atoms with Gasteiger partial charge in [-0.3, -0.25) is 4.79 Å². The Morgan fingerprint density at radius 1 is 1.17 bits per heavy atom. The number of ether oxygens (including phenoxy) is 1. The number of aliphatic carboxylic acids is 1. The van der Waals surface area contributed by atoms with Gasteiger partial charge in [0.05, 0.1) is 18.6 Å². The van der Waals surface area contributed by atoms with Gasteiger partial charge in [0.25, 0.3) is 0 Å². The molecule has 3 rings (SSSR count). The Kier molecular flexibility index (Phi) is 5.27. The lowest BCUT2D eigenvalue weighted by Crippen LogP contribution is -2.31. The van der Waals surface area contributed by atoms with Crippen LogP contribution in [0.3, 0.4) is 0 Å². The topological polar surface area (TPSA) is 96.4 Å². The van der Waals surface area contributed by atoms with E-state index in [9.17, 15) is 4.79 Å². The number of anilines is 2. The smallest absolute Gasteiger partial charge is 0.306 e. The van der Waals surface area contributed by atoms with E-state index in [0.717, 1.165) is 38.1 Å². The van der Waals surface area contributed by atoms with Crippen LogP contribution in [0.25, 0.3) is 0 Å². The lowest BCUT2D eigenvalue weighted by atomic mass is 9.86. The highest BCUT2D eigenvalue weighted by Crippen LogP contribution is 2.26. The van der Waals surface area contributed by atoms with Crippen molar-refractivity contribution >= 4 is 17.7 Å². The molecule has 1 saturated heterocycles. The van der Waals surface area contributed by atoms with E-state index in [0.29, 0.717) is 31.4 Å². The summed E-state index contributed by atoms with van der Waals surface area (Å²) < 4.78 is 5.47. The molecule has 0 spiro atoms. The third-order valence-electron chi connectivity index (χ3n) is 4.58. The van der Waals surface area contributed by atoms with Crippen molar-refractivity contribution in [3.05, 3.63) is 12.3 Å². The second kappa shape index (κ2) is 7.59. The molecular weight excluding hydrogens is 296 g/mol. The maximum atomic E-state index is 11.0. The minimum absolute atomic E-state index is 0.201. The van der Waals surface area contributed by atoms with Gasteiger partial charge >= 0.3 is 5.97 Å². The highest BCUT2D eigenvalue weighted by atomic mass is 16.5. The normalized spacial score (nSPS) is 28.1. The predicted molar refractivity (Wildman–Crippen MR) is 86.5 cm³/mol. The van der Waals surface area contributed by atoms with Gasteiger partial charge in [-0.15, -0.1) is 0 Å². The maximum absolute atomic E-state index is 11.0. The summed E-state index contributed by atoms with van der Waals surface area (Å²) in [5, 5.41) is 15.8. The summed E-state index contributed by atoms with van der Waals surface area (Å²) in [7, 11) is 0. The molecule has 1 aromatic rings. The molecule has 3 N–H and O–H groups in total.